The summed E-state index contributed by atoms with van der Waals surface area (Å²) in [4.78, 5) is 29.3. The van der Waals surface area contributed by atoms with Crippen LogP contribution in [0.25, 0.3) is 0 Å². The number of benzene rings is 2. The summed E-state index contributed by atoms with van der Waals surface area (Å²) in [6.07, 6.45) is 2.03. The van der Waals surface area contributed by atoms with Crippen molar-refractivity contribution in [3.63, 3.8) is 0 Å². The summed E-state index contributed by atoms with van der Waals surface area (Å²) in [5, 5.41) is 3.48. The average Bonchev–Trinajstić information content (AvgIpc) is 2.79. The predicted molar refractivity (Wildman–Crippen MR) is 134 cm³/mol. The Kier molecular flexibility index (Phi) is 8.25. The first-order chi connectivity index (χ1) is 15.7. The molecule has 1 N–H and O–H groups in total. The molecule has 0 aliphatic carbocycles. The average molecular weight is 472 g/mol. The molecule has 1 aliphatic heterocycles. The molecule has 0 saturated carbocycles. The standard InChI is InChI=1S/C26H34ClN3O3/c1-5-6-16-33-21-9-7-8-19(17-21)24(31)28-20-10-11-23(22(27)18-20)29-12-14-30(15-13-29)25(32)26(2,3)4/h7-11,17-18H,5-6,12-16H2,1-4H3,(H,28,31). The number of hydrogen-bond acceptors (Lipinski definition) is 4. The number of piperazine rings is 1. The lowest BCUT2D eigenvalue weighted by Gasteiger charge is -2.39. The lowest BCUT2D eigenvalue weighted by molar-refractivity contribution is -0.139. The third kappa shape index (κ3) is 6.64. The highest BCUT2D eigenvalue weighted by Crippen LogP contribution is 2.30. The van der Waals surface area contributed by atoms with Crippen molar-refractivity contribution in [3.05, 3.63) is 53.1 Å². The van der Waals surface area contributed by atoms with E-state index >= 15 is 0 Å². The first-order valence-corrected chi connectivity index (χ1v) is 11.9. The molecule has 0 unspecified atom stereocenters. The van der Waals surface area contributed by atoms with E-state index < -0.39 is 0 Å². The van der Waals surface area contributed by atoms with Crippen molar-refractivity contribution in [1.82, 2.24) is 4.90 Å². The molecule has 6 nitrogen and oxygen atoms in total. The SMILES string of the molecule is CCCCOc1cccc(C(=O)Nc2ccc(N3CCN(C(=O)C(C)(C)C)CC3)c(Cl)c2)c1. The van der Waals surface area contributed by atoms with E-state index in [1.165, 1.54) is 0 Å². The van der Waals surface area contributed by atoms with Gasteiger partial charge in [0.1, 0.15) is 5.75 Å². The van der Waals surface area contributed by atoms with Gasteiger partial charge in [0.15, 0.2) is 0 Å². The molecule has 2 aromatic carbocycles. The van der Waals surface area contributed by atoms with Crippen LogP contribution in [0.3, 0.4) is 0 Å². The largest absolute Gasteiger partial charge is 0.494 e. The van der Waals surface area contributed by atoms with Crippen LogP contribution in [0.4, 0.5) is 11.4 Å². The fourth-order valence-electron chi connectivity index (χ4n) is 3.73. The van der Waals surface area contributed by atoms with Gasteiger partial charge in [-0.05, 0) is 42.8 Å². The molecule has 0 spiro atoms. The molecule has 3 rings (SSSR count). The summed E-state index contributed by atoms with van der Waals surface area (Å²) in [5.74, 6) is 0.647. The van der Waals surface area contributed by atoms with E-state index in [1.807, 2.05) is 49.9 Å². The second-order valence-electron chi connectivity index (χ2n) is 9.38. The van der Waals surface area contributed by atoms with Crippen molar-refractivity contribution >= 4 is 34.8 Å². The Labute approximate surface area is 201 Å². The fraction of sp³-hybridized carbons (Fsp3) is 0.462. The van der Waals surface area contributed by atoms with Gasteiger partial charge < -0.3 is 19.9 Å². The summed E-state index contributed by atoms with van der Waals surface area (Å²) in [7, 11) is 0. The highest BCUT2D eigenvalue weighted by atomic mass is 35.5. The van der Waals surface area contributed by atoms with Gasteiger partial charge in [-0.15, -0.1) is 0 Å². The number of unbranched alkanes of at least 4 members (excludes halogenated alkanes) is 1. The minimum absolute atomic E-state index is 0.172. The number of anilines is 2. The van der Waals surface area contributed by atoms with E-state index in [2.05, 4.69) is 17.1 Å². The molecule has 0 radical (unpaired) electrons. The van der Waals surface area contributed by atoms with Gasteiger partial charge in [-0.3, -0.25) is 9.59 Å². The normalized spacial score (nSPS) is 14.2. The molecule has 33 heavy (non-hydrogen) atoms. The minimum atomic E-state index is -0.374. The van der Waals surface area contributed by atoms with Crippen LogP contribution in [0.5, 0.6) is 5.75 Å². The summed E-state index contributed by atoms with van der Waals surface area (Å²) in [6, 6.07) is 12.7. The Morgan fingerprint density at radius 2 is 1.79 bits per heavy atom. The van der Waals surface area contributed by atoms with E-state index in [0.29, 0.717) is 41.7 Å². The Morgan fingerprint density at radius 3 is 2.42 bits per heavy atom. The van der Waals surface area contributed by atoms with Gasteiger partial charge >= 0.3 is 0 Å². The van der Waals surface area contributed by atoms with E-state index in [0.717, 1.165) is 31.6 Å². The smallest absolute Gasteiger partial charge is 0.255 e. The quantitative estimate of drug-likeness (QED) is 0.544. The summed E-state index contributed by atoms with van der Waals surface area (Å²) < 4.78 is 5.70. The molecule has 1 aliphatic rings. The molecule has 7 heteroatoms. The van der Waals surface area contributed by atoms with Crippen LogP contribution in [0, 0.1) is 5.41 Å². The molecule has 2 amide bonds. The van der Waals surface area contributed by atoms with E-state index in [9.17, 15) is 9.59 Å². The lowest BCUT2D eigenvalue weighted by atomic mass is 9.94. The molecule has 0 aromatic heterocycles. The molecular formula is C26H34ClN3O3. The number of halogens is 1. The van der Waals surface area contributed by atoms with E-state index in [1.54, 1.807) is 18.2 Å². The first kappa shape index (κ1) is 24.9. The molecule has 2 aromatic rings. The van der Waals surface area contributed by atoms with Crippen LogP contribution < -0.4 is 15.0 Å². The van der Waals surface area contributed by atoms with Crippen LogP contribution in [0.2, 0.25) is 5.02 Å². The lowest BCUT2D eigenvalue weighted by Crippen LogP contribution is -2.51. The maximum Gasteiger partial charge on any atom is 0.255 e. The first-order valence-electron chi connectivity index (χ1n) is 11.6. The zero-order valence-corrected chi connectivity index (χ0v) is 20.7. The topological polar surface area (TPSA) is 61.9 Å². The number of carbonyl (C=O) groups is 2. The van der Waals surface area contributed by atoms with Crippen molar-refractivity contribution < 1.29 is 14.3 Å². The second-order valence-corrected chi connectivity index (χ2v) is 9.79. The van der Waals surface area contributed by atoms with Gasteiger partial charge in [0.25, 0.3) is 5.91 Å². The molecule has 1 saturated heterocycles. The van der Waals surface area contributed by atoms with Crippen LogP contribution >= 0.6 is 11.6 Å². The van der Waals surface area contributed by atoms with Gasteiger partial charge in [-0.25, -0.2) is 0 Å². The van der Waals surface area contributed by atoms with Crippen molar-refractivity contribution in [3.8, 4) is 5.75 Å². The van der Waals surface area contributed by atoms with Gasteiger partial charge in [-0.1, -0.05) is 51.8 Å². The summed E-state index contributed by atoms with van der Waals surface area (Å²) >= 11 is 6.57. The van der Waals surface area contributed by atoms with Crippen LogP contribution in [0.1, 0.15) is 50.9 Å². The van der Waals surface area contributed by atoms with Crippen molar-refractivity contribution in [1.29, 1.82) is 0 Å². The second kappa shape index (κ2) is 10.9. The zero-order chi connectivity index (χ0) is 24.0. The number of nitrogens with one attached hydrogen (secondary N) is 1. The number of nitrogens with zero attached hydrogens (tertiary/aromatic N) is 2. The van der Waals surface area contributed by atoms with Gasteiger partial charge in [0, 0.05) is 42.8 Å². The Bertz CT molecular complexity index is 979. The van der Waals surface area contributed by atoms with Gasteiger partial charge in [0.2, 0.25) is 5.91 Å². The number of rotatable bonds is 7. The predicted octanol–water partition coefficient (Wildman–Crippen LogP) is 5.47. The molecule has 1 heterocycles. The maximum absolute atomic E-state index is 12.7. The maximum atomic E-state index is 12.7. The minimum Gasteiger partial charge on any atom is -0.494 e. The third-order valence-electron chi connectivity index (χ3n) is 5.62. The Balaban J connectivity index is 1.60. The van der Waals surface area contributed by atoms with Crippen LogP contribution in [0.15, 0.2) is 42.5 Å². The highest BCUT2D eigenvalue weighted by Gasteiger charge is 2.30. The summed E-state index contributed by atoms with van der Waals surface area (Å²) in [5.41, 5.74) is 1.70. The van der Waals surface area contributed by atoms with Crippen molar-refractivity contribution in [2.24, 2.45) is 5.41 Å². The Morgan fingerprint density at radius 1 is 1.06 bits per heavy atom. The van der Waals surface area contributed by atoms with Gasteiger partial charge in [-0.2, -0.15) is 0 Å². The van der Waals surface area contributed by atoms with Crippen LogP contribution in [-0.2, 0) is 4.79 Å². The zero-order valence-electron chi connectivity index (χ0n) is 20.0. The number of carbonyl (C=O) groups excluding carboxylic acids is 2. The van der Waals surface area contributed by atoms with Crippen molar-refractivity contribution in [2.45, 2.75) is 40.5 Å². The monoisotopic (exact) mass is 471 g/mol. The summed E-state index contributed by atoms with van der Waals surface area (Å²) in [6.45, 7) is 11.4. The third-order valence-corrected chi connectivity index (χ3v) is 5.92. The van der Waals surface area contributed by atoms with E-state index in [-0.39, 0.29) is 17.2 Å². The Hall–Kier alpha value is -2.73. The number of ether oxygens (including phenoxy) is 1. The molecule has 1 fully saturated rings. The van der Waals surface area contributed by atoms with Gasteiger partial charge in [0.05, 0.1) is 17.3 Å². The highest BCUT2D eigenvalue weighted by molar-refractivity contribution is 6.33. The molecule has 178 valence electrons. The van der Waals surface area contributed by atoms with E-state index in [4.69, 9.17) is 16.3 Å². The molecule has 0 atom stereocenters. The van der Waals surface area contributed by atoms with Crippen molar-refractivity contribution in [2.75, 3.05) is 43.0 Å². The fourth-order valence-corrected chi connectivity index (χ4v) is 4.03. The van der Waals surface area contributed by atoms with Crippen LogP contribution in [-0.4, -0.2) is 49.5 Å². The molecule has 0 bridgehead atoms. The number of amides is 2. The number of hydrogen-bond donors (Lipinski definition) is 1. The molecular weight excluding hydrogens is 438 g/mol.